The van der Waals surface area contributed by atoms with Gasteiger partial charge in [0.05, 0.1) is 13.7 Å². The van der Waals surface area contributed by atoms with E-state index in [2.05, 4.69) is 11.1 Å². The molecule has 1 aliphatic heterocycles. The van der Waals surface area contributed by atoms with Gasteiger partial charge in [0, 0.05) is 29.4 Å². The number of nitrogen functional groups attached to an aromatic ring is 1. The second kappa shape index (κ2) is 7.83. The van der Waals surface area contributed by atoms with Crippen LogP contribution in [0.5, 0.6) is 11.5 Å². The molecule has 0 spiro atoms. The molecule has 6 heteroatoms. The number of hydrogen-bond acceptors (Lipinski definition) is 5. The topological polar surface area (TPSA) is 77.7 Å². The molecule has 29 heavy (non-hydrogen) atoms. The summed E-state index contributed by atoms with van der Waals surface area (Å²) < 4.78 is 11.1. The van der Waals surface area contributed by atoms with E-state index in [1.807, 2.05) is 48.2 Å². The lowest BCUT2D eigenvalue weighted by Gasteiger charge is -2.21. The zero-order valence-corrected chi connectivity index (χ0v) is 16.5. The van der Waals surface area contributed by atoms with Gasteiger partial charge >= 0.3 is 0 Å². The van der Waals surface area contributed by atoms with E-state index in [1.54, 1.807) is 19.4 Å². The van der Waals surface area contributed by atoms with E-state index in [-0.39, 0.29) is 5.91 Å². The molecule has 0 unspecified atom stereocenters. The Balaban J connectivity index is 1.62. The van der Waals surface area contributed by atoms with Crippen LogP contribution in [0.1, 0.15) is 21.5 Å². The molecular formula is C23H23N3O3. The molecule has 1 amide bonds. The Morgan fingerprint density at radius 3 is 2.69 bits per heavy atom. The third kappa shape index (κ3) is 3.87. The van der Waals surface area contributed by atoms with E-state index >= 15 is 0 Å². The number of pyridine rings is 1. The van der Waals surface area contributed by atoms with Crippen LogP contribution in [-0.4, -0.2) is 36.1 Å². The molecule has 3 aromatic rings. The minimum Gasteiger partial charge on any atom is -0.497 e. The predicted molar refractivity (Wildman–Crippen MR) is 112 cm³/mol. The first-order valence-electron chi connectivity index (χ1n) is 9.46. The summed E-state index contributed by atoms with van der Waals surface area (Å²) in [5.74, 6) is 2.02. The zero-order chi connectivity index (χ0) is 20.4. The second-order valence-corrected chi connectivity index (χ2v) is 7.05. The second-order valence-electron chi connectivity index (χ2n) is 7.05. The van der Waals surface area contributed by atoms with Gasteiger partial charge in [-0.25, -0.2) is 4.98 Å². The number of amides is 1. The number of carbonyl (C=O) groups is 1. The summed E-state index contributed by atoms with van der Waals surface area (Å²) in [7, 11) is 1.62. The average Bonchev–Trinajstić information content (AvgIpc) is 2.95. The van der Waals surface area contributed by atoms with Gasteiger partial charge in [-0.15, -0.1) is 0 Å². The normalized spacial score (nSPS) is 13.2. The highest BCUT2D eigenvalue weighted by atomic mass is 16.5. The molecule has 0 saturated heterocycles. The lowest BCUT2D eigenvalue weighted by atomic mass is 10.0. The highest BCUT2D eigenvalue weighted by Crippen LogP contribution is 2.30. The first-order valence-corrected chi connectivity index (χ1v) is 9.46. The molecule has 0 atom stereocenters. The lowest BCUT2D eigenvalue weighted by Crippen LogP contribution is -2.32. The van der Waals surface area contributed by atoms with Crippen molar-refractivity contribution < 1.29 is 14.3 Å². The van der Waals surface area contributed by atoms with Crippen molar-refractivity contribution in [1.82, 2.24) is 9.88 Å². The van der Waals surface area contributed by atoms with E-state index < -0.39 is 0 Å². The molecule has 2 N–H and O–H groups in total. The van der Waals surface area contributed by atoms with E-state index in [4.69, 9.17) is 15.2 Å². The number of hydrogen-bond donors (Lipinski definition) is 1. The van der Waals surface area contributed by atoms with Crippen molar-refractivity contribution >= 4 is 11.7 Å². The average molecular weight is 389 g/mol. The fourth-order valence-corrected chi connectivity index (χ4v) is 3.50. The molecule has 0 radical (unpaired) electrons. The summed E-state index contributed by atoms with van der Waals surface area (Å²) in [6.45, 7) is 3.38. The Kier molecular flexibility index (Phi) is 5.08. The van der Waals surface area contributed by atoms with Gasteiger partial charge in [0.2, 0.25) is 0 Å². The first-order chi connectivity index (χ1) is 14.0. The standard InChI is InChI=1S/C23H23N3O3/c1-15-11-19(28-2)5-6-20(15)23(27)26-9-10-29-21-7-3-16(12-18(21)14-26)17-4-8-22(24)25-13-17/h3-8,11-13H,9-10,14H2,1-2H3,(H2,24,25). The minimum atomic E-state index is -0.0128. The number of methoxy groups -OCH3 is 1. The molecule has 2 heterocycles. The number of carbonyl (C=O) groups excluding carboxylic acids is 1. The zero-order valence-electron chi connectivity index (χ0n) is 16.5. The Bertz CT molecular complexity index is 1050. The molecule has 4 rings (SSSR count). The molecule has 1 aliphatic rings. The predicted octanol–water partition coefficient (Wildman–Crippen LogP) is 3.68. The van der Waals surface area contributed by atoms with E-state index in [0.29, 0.717) is 31.1 Å². The van der Waals surface area contributed by atoms with Crippen LogP contribution in [0.2, 0.25) is 0 Å². The van der Waals surface area contributed by atoms with Crippen LogP contribution in [-0.2, 0) is 6.54 Å². The van der Waals surface area contributed by atoms with Crippen molar-refractivity contribution in [2.45, 2.75) is 13.5 Å². The van der Waals surface area contributed by atoms with Crippen molar-refractivity contribution in [2.75, 3.05) is 26.0 Å². The van der Waals surface area contributed by atoms with Gasteiger partial charge in [-0.1, -0.05) is 6.07 Å². The van der Waals surface area contributed by atoms with Crippen molar-refractivity contribution in [1.29, 1.82) is 0 Å². The van der Waals surface area contributed by atoms with E-state index in [1.165, 1.54) is 0 Å². The maximum absolute atomic E-state index is 13.2. The number of nitrogens with zero attached hydrogens (tertiary/aromatic N) is 2. The van der Waals surface area contributed by atoms with Crippen LogP contribution in [0.3, 0.4) is 0 Å². The van der Waals surface area contributed by atoms with Gasteiger partial charge in [-0.05, 0) is 60.5 Å². The van der Waals surface area contributed by atoms with Gasteiger partial charge in [-0.3, -0.25) is 4.79 Å². The molecular weight excluding hydrogens is 366 g/mol. The number of ether oxygens (including phenoxy) is 2. The fourth-order valence-electron chi connectivity index (χ4n) is 3.50. The molecule has 0 bridgehead atoms. The summed E-state index contributed by atoms with van der Waals surface area (Å²) in [6, 6.07) is 15.2. The van der Waals surface area contributed by atoms with Crippen LogP contribution in [0.25, 0.3) is 11.1 Å². The Morgan fingerprint density at radius 1 is 1.14 bits per heavy atom. The Morgan fingerprint density at radius 2 is 1.97 bits per heavy atom. The molecule has 6 nitrogen and oxygen atoms in total. The van der Waals surface area contributed by atoms with Gasteiger partial charge in [0.25, 0.3) is 5.91 Å². The van der Waals surface area contributed by atoms with Crippen LogP contribution >= 0.6 is 0 Å². The smallest absolute Gasteiger partial charge is 0.254 e. The summed E-state index contributed by atoms with van der Waals surface area (Å²) in [5.41, 5.74) is 10.2. The molecule has 0 fully saturated rings. The quantitative estimate of drug-likeness (QED) is 0.739. The number of benzene rings is 2. The van der Waals surface area contributed by atoms with Crippen molar-refractivity contribution in [3.63, 3.8) is 0 Å². The molecule has 0 aliphatic carbocycles. The monoisotopic (exact) mass is 389 g/mol. The van der Waals surface area contributed by atoms with Crippen LogP contribution < -0.4 is 15.2 Å². The molecule has 2 aromatic carbocycles. The first kappa shape index (κ1) is 18.8. The van der Waals surface area contributed by atoms with E-state index in [9.17, 15) is 4.79 Å². The summed E-state index contributed by atoms with van der Waals surface area (Å²) >= 11 is 0. The number of aryl methyl sites for hydroxylation is 1. The number of anilines is 1. The Labute approximate surface area is 169 Å². The van der Waals surface area contributed by atoms with Gasteiger partial charge in [0.15, 0.2) is 0 Å². The van der Waals surface area contributed by atoms with Crippen LogP contribution in [0.15, 0.2) is 54.7 Å². The third-order valence-corrected chi connectivity index (χ3v) is 5.11. The van der Waals surface area contributed by atoms with Gasteiger partial charge in [-0.2, -0.15) is 0 Å². The summed E-state index contributed by atoms with van der Waals surface area (Å²) in [5, 5.41) is 0. The highest BCUT2D eigenvalue weighted by Gasteiger charge is 2.23. The van der Waals surface area contributed by atoms with E-state index in [0.717, 1.165) is 33.8 Å². The molecule has 1 aromatic heterocycles. The van der Waals surface area contributed by atoms with Crippen LogP contribution in [0.4, 0.5) is 5.82 Å². The number of fused-ring (bicyclic) bond motifs is 1. The summed E-state index contributed by atoms with van der Waals surface area (Å²) in [4.78, 5) is 19.2. The molecule has 0 saturated carbocycles. The maximum atomic E-state index is 13.2. The SMILES string of the molecule is COc1ccc(C(=O)N2CCOc3ccc(-c4ccc(N)nc4)cc3C2)c(C)c1. The van der Waals surface area contributed by atoms with Crippen molar-refractivity contribution in [3.05, 3.63) is 71.4 Å². The van der Waals surface area contributed by atoms with Gasteiger partial charge < -0.3 is 20.1 Å². The number of nitrogens with two attached hydrogens (primary N) is 1. The molecule has 148 valence electrons. The number of rotatable bonds is 3. The van der Waals surface area contributed by atoms with Gasteiger partial charge in [0.1, 0.15) is 23.9 Å². The summed E-state index contributed by atoms with van der Waals surface area (Å²) in [6.07, 6.45) is 1.75. The largest absolute Gasteiger partial charge is 0.497 e. The van der Waals surface area contributed by atoms with Crippen molar-refractivity contribution in [3.8, 4) is 22.6 Å². The maximum Gasteiger partial charge on any atom is 0.254 e. The third-order valence-electron chi connectivity index (χ3n) is 5.11. The fraction of sp³-hybridized carbons (Fsp3) is 0.217. The number of aromatic nitrogens is 1. The van der Waals surface area contributed by atoms with Crippen molar-refractivity contribution in [2.24, 2.45) is 0 Å². The minimum absolute atomic E-state index is 0.0128. The Hall–Kier alpha value is -3.54. The highest BCUT2D eigenvalue weighted by molar-refractivity contribution is 5.96. The lowest BCUT2D eigenvalue weighted by molar-refractivity contribution is 0.0732. The van der Waals surface area contributed by atoms with Crippen LogP contribution in [0, 0.1) is 6.92 Å².